The first kappa shape index (κ1) is 18.2. The zero-order chi connectivity index (χ0) is 19.1. The van der Waals surface area contributed by atoms with Gasteiger partial charge in [0.25, 0.3) is 0 Å². The summed E-state index contributed by atoms with van der Waals surface area (Å²) in [5.74, 6) is -0.286. The van der Waals surface area contributed by atoms with E-state index in [0.717, 1.165) is 28.7 Å². The van der Waals surface area contributed by atoms with Gasteiger partial charge < -0.3 is 5.32 Å². The smallest absolute Gasteiger partial charge is 0.146 e. The first-order chi connectivity index (χ1) is 12.2. The third kappa shape index (κ3) is 3.24. The normalized spacial score (nSPS) is 14.7. The van der Waals surface area contributed by atoms with Crippen molar-refractivity contribution in [1.82, 2.24) is 0 Å². The summed E-state index contributed by atoms with van der Waals surface area (Å²) in [6.45, 7) is 15.0. The van der Waals surface area contributed by atoms with Crippen molar-refractivity contribution in [3.05, 3.63) is 83.2 Å². The van der Waals surface area contributed by atoms with Crippen molar-refractivity contribution in [1.29, 1.82) is 0 Å². The molecular weight excluding hydrogens is 321 g/mol. The fourth-order valence-corrected chi connectivity index (χ4v) is 3.60. The lowest BCUT2D eigenvalue weighted by molar-refractivity contribution is 0.474. The quantitative estimate of drug-likeness (QED) is 0.623. The Morgan fingerprint density at radius 1 is 1.12 bits per heavy atom. The van der Waals surface area contributed by atoms with E-state index in [1.165, 1.54) is 22.8 Å². The fraction of sp³-hybridized carbons (Fsp3) is 0.250. The number of rotatable bonds is 4. The first-order valence-corrected chi connectivity index (χ1v) is 8.91. The van der Waals surface area contributed by atoms with E-state index in [0.29, 0.717) is 5.69 Å². The highest BCUT2D eigenvalue weighted by atomic mass is 19.1. The van der Waals surface area contributed by atoms with E-state index >= 15 is 0 Å². The second-order valence-electron chi connectivity index (χ2n) is 7.71. The van der Waals surface area contributed by atoms with Crippen LogP contribution in [0.25, 0.3) is 17.2 Å². The minimum Gasteiger partial charge on any atom is -0.386 e. The van der Waals surface area contributed by atoms with E-state index in [9.17, 15) is 4.39 Å². The summed E-state index contributed by atoms with van der Waals surface area (Å²) >= 11 is 0. The van der Waals surface area contributed by atoms with E-state index in [2.05, 4.69) is 63.5 Å². The molecule has 1 nitrogen and oxygen atoms in total. The minimum atomic E-state index is -0.286. The van der Waals surface area contributed by atoms with Gasteiger partial charge >= 0.3 is 0 Å². The van der Waals surface area contributed by atoms with Crippen LogP contribution in [0, 0.1) is 18.2 Å². The van der Waals surface area contributed by atoms with Gasteiger partial charge in [-0.15, -0.1) is 0 Å². The van der Waals surface area contributed by atoms with Crippen LogP contribution >= 0.6 is 0 Å². The number of nitrogens with one attached hydrogen (secondary N) is 1. The summed E-state index contributed by atoms with van der Waals surface area (Å²) in [6, 6.07) is 9.42. The van der Waals surface area contributed by atoms with Crippen molar-refractivity contribution < 1.29 is 4.39 Å². The van der Waals surface area contributed by atoms with Gasteiger partial charge in [0.1, 0.15) is 5.82 Å². The Balaban J connectivity index is 1.96. The molecule has 3 rings (SSSR count). The number of hydrogen-bond acceptors (Lipinski definition) is 1. The van der Waals surface area contributed by atoms with E-state index in [-0.39, 0.29) is 11.2 Å². The van der Waals surface area contributed by atoms with Crippen molar-refractivity contribution in [3.8, 4) is 0 Å². The van der Waals surface area contributed by atoms with Crippen LogP contribution in [0.1, 0.15) is 41.7 Å². The first-order valence-electron chi connectivity index (χ1n) is 8.91. The number of hydrogen-bond donors (Lipinski definition) is 1. The molecule has 0 aliphatic heterocycles. The molecule has 1 aliphatic rings. The van der Waals surface area contributed by atoms with Gasteiger partial charge in [0.2, 0.25) is 0 Å². The summed E-state index contributed by atoms with van der Waals surface area (Å²) in [5.41, 5.74) is 7.90. The van der Waals surface area contributed by atoms with Gasteiger partial charge in [-0.3, -0.25) is 0 Å². The molecule has 0 atom stereocenters. The molecule has 2 aromatic rings. The lowest BCUT2D eigenvalue weighted by Crippen LogP contribution is -2.16. The third-order valence-electron chi connectivity index (χ3n) is 5.23. The molecule has 134 valence electrons. The van der Waals surface area contributed by atoms with Crippen LogP contribution < -0.4 is 5.32 Å². The molecule has 0 bridgehead atoms. The minimum absolute atomic E-state index is 0.189. The van der Waals surface area contributed by atoms with Gasteiger partial charge in [-0.05, 0) is 69.9 Å². The van der Waals surface area contributed by atoms with Crippen molar-refractivity contribution in [2.24, 2.45) is 5.41 Å². The summed E-state index contributed by atoms with van der Waals surface area (Å²) in [5, 5.41) is 2.84. The number of halogens is 1. The molecule has 0 radical (unpaired) electrons. The van der Waals surface area contributed by atoms with Crippen molar-refractivity contribution in [2.75, 3.05) is 12.4 Å². The molecule has 1 N–H and O–H groups in total. The number of allylic oxidation sites excluding steroid dienone is 3. The molecule has 0 amide bonds. The number of benzene rings is 2. The van der Waals surface area contributed by atoms with Gasteiger partial charge in [0.05, 0.1) is 5.69 Å². The fourth-order valence-electron chi connectivity index (χ4n) is 3.60. The summed E-state index contributed by atoms with van der Waals surface area (Å²) in [7, 11) is 1.71. The second-order valence-corrected chi connectivity index (χ2v) is 7.71. The lowest BCUT2D eigenvalue weighted by atomic mass is 9.77. The molecule has 0 unspecified atom stereocenters. The van der Waals surface area contributed by atoms with Crippen LogP contribution in [0.5, 0.6) is 0 Å². The summed E-state index contributed by atoms with van der Waals surface area (Å²) in [4.78, 5) is 0. The van der Waals surface area contributed by atoms with Crippen molar-refractivity contribution in [3.63, 3.8) is 0 Å². The molecule has 0 heterocycles. The Morgan fingerprint density at radius 2 is 1.85 bits per heavy atom. The Morgan fingerprint density at radius 3 is 2.50 bits per heavy atom. The predicted molar refractivity (Wildman–Crippen MR) is 112 cm³/mol. The van der Waals surface area contributed by atoms with Gasteiger partial charge in [-0.25, -0.2) is 4.39 Å². The second kappa shape index (κ2) is 6.60. The van der Waals surface area contributed by atoms with Crippen LogP contribution in [-0.4, -0.2) is 7.05 Å². The van der Waals surface area contributed by atoms with E-state index in [1.54, 1.807) is 13.1 Å². The van der Waals surface area contributed by atoms with E-state index in [4.69, 9.17) is 0 Å². The third-order valence-corrected chi connectivity index (χ3v) is 5.23. The van der Waals surface area contributed by atoms with Crippen LogP contribution in [0.3, 0.4) is 0 Å². The molecule has 1 aliphatic carbocycles. The van der Waals surface area contributed by atoms with Gasteiger partial charge in [-0.1, -0.05) is 57.4 Å². The Kier molecular flexibility index (Phi) is 4.62. The highest BCUT2D eigenvalue weighted by molar-refractivity contribution is 6.04. The molecule has 0 aromatic heterocycles. The maximum Gasteiger partial charge on any atom is 0.146 e. The van der Waals surface area contributed by atoms with Crippen molar-refractivity contribution >= 4 is 22.9 Å². The number of fused-ring (bicyclic) bond motifs is 1. The largest absolute Gasteiger partial charge is 0.386 e. The van der Waals surface area contributed by atoms with E-state index < -0.39 is 0 Å². The molecule has 2 aromatic carbocycles. The SMILES string of the molecule is C=C(C(=C)c1ccc2c(c1C)C=CC(C)(C)C2)c1ccc(NC)c(F)c1. The average molecular weight is 347 g/mol. The Bertz CT molecular complexity index is 931. The van der Waals surface area contributed by atoms with Crippen LogP contribution in [0.4, 0.5) is 10.1 Å². The van der Waals surface area contributed by atoms with Crippen LogP contribution in [0.15, 0.2) is 49.6 Å². The average Bonchev–Trinajstić information content (AvgIpc) is 2.59. The van der Waals surface area contributed by atoms with Crippen LogP contribution in [0.2, 0.25) is 0 Å². The predicted octanol–water partition coefficient (Wildman–Crippen LogP) is 6.50. The molecule has 0 saturated carbocycles. The zero-order valence-corrected chi connectivity index (χ0v) is 16.0. The van der Waals surface area contributed by atoms with Crippen molar-refractivity contribution in [2.45, 2.75) is 27.2 Å². The monoisotopic (exact) mass is 347 g/mol. The summed E-state index contributed by atoms with van der Waals surface area (Å²) in [6.07, 6.45) is 5.52. The summed E-state index contributed by atoms with van der Waals surface area (Å²) < 4.78 is 14.1. The number of anilines is 1. The van der Waals surface area contributed by atoms with Crippen LogP contribution in [-0.2, 0) is 6.42 Å². The maximum atomic E-state index is 14.1. The highest BCUT2D eigenvalue weighted by Gasteiger charge is 2.23. The lowest BCUT2D eigenvalue weighted by Gasteiger charge is -2.28. The standard InChI is InChI=1S/C24H26FN/c1-15(18-8-10-23(26-6)22(25)13-18)16(2)20-9-7-19-14-24(4,5)12-11-21(19)17(20)3/h7-13,26H,1-2,14H2,3-6H3. The molecule has 0 saturated heterocycles. The molecule has 26 heavy (non-hydrogen) atoms. The van der Waals surface area contributed by atoms with Gasteiger partial charge in [-0.2, -0.15) is 0 Å². The molecule has 0 spiro atoms. The highest BCUT2D eigenvalue weighted by Crippen LogP contribution is 2.38. The Labute approximate surface area is 156 Å². The molecule has 2 heteroatoms. The Hall–Kier alpha value is -2.61. The molecule has 0 fully saturated rings. The maximum absolute atomic E-state index is 14.1. The van der Waals surface area contributed by atoms with Gasteiger partial charge in [0.15, 0.2) is 0 Å². The zero-order valence-electron chi connectivity index (χ0n) is 16.0. The molecular formula is C24H26FN. The topological polar surface area (TPSA) is 12.0 Å². The van der Waals surface area contributed by atoms with Gasteiger partial charge in [0, 0.05) is 7.05 Å². The van der Waals surface area contributed by atoms with E-state index in [1.807, 2.05) is 6.07 Å².